The van der Waals surface area contributed by atoms with Crippen LogP contribution in [0.1, 0.15) is 16.8 Å². The molecule has 112 valence electrons. The molecule has 1 aromatic rings. The van der Waals surface area contributed by atoms with E-state index in [1.54, 1.807) is 37.3 Å². The maximum atomic E-state index is 12.6. The van der Waals surface area contributed by atoms with Gasteiger partial charge in [-0.3, -0.25) is 4.79 Å². The predicted molar refractivity (Wildman–Crippen MR) is 80.1 cm³/mol. The van der Waals surface area contributed by atoms with Crippen molar-refractivity contribution in [2.75, 3.05) is 46.3 Å². The molecule has 5 nitrogen and oxygen atoms in total. The summed E-state index contributed by atoms with van der Waals surface area (Å²) in [6, 6.07) is 5.05. The Balaban J connectivity index is 2.85. The highest BCUT2D eigenvalue weighted by molar-refractivity contribution is 6.34. The molecule has 1 rings (SSSR count). The fourth-order valence-electron chi connectivity index (χ4n) is 1.84. The summed E-state index contributed by atoms with van der Waals surface area (Å²) in [6.45, 7) is 2.11. The number of hydrogen-bond acceptors (Lipinski definition) is 4. The van der Waals surface area contributed by atoms with Crippen LogP contribution in [-0.2, 0) is 9.47 Å². The van der Waals surface area contributed by atoms with Gasteiger partial charge in [0.1, 0.15) is 0 Å². The van der Waals surface area contributed by atoms with E-state index in [4.69, 9.17) is 26.8 Å². The van der Waals surface area contributed by atoms with Crippen molar-refractivity contribution in [2.24, 2.45) is 0 Å². The first kappa shape index (κ1) is 16.8. The summed E-state index contributed by atoms with van der Waals surface area (Å²) in [5, 5.41) is 0.365. The third kappa shape index (κ3) is 4.67. The monoisotopic (exact) mass is 300 g/mol. The Kier molecular flexibility index (Phi) is 7.36. The topological polar surface area (TPSA) is 64.8 Å². The number of benzene rings is 1. The van der Waals surface area contributed by atoms with Crippen molar-refractivity contribution in [3.63, 3.8) is 0 Å². The first-order chi connectivity index (χ1) is 9.61. The minimum atomic E-state index is -0.179. The Morgan fingerprint density at radius 2 is 1.95 bits per heavy atom. The molecule has 0 bridgehead atoms. The standard InChI is InChI=1S/C14H21ClN2O3/c1-19-9-4-7-17(8-10-20-2)14(18)13-11(15)5-3-6-12(13)16/h3,5-6H,4,7-10,16H2,1-2H3. The van der Waals surface area contributed by atoms with Gasteiger partial charge < -0.3 is 20.1 Å². The third-order valence-electron chi connectivity index (χ3n) is 2.89. The van der Waals surface area contributed by atoms with E-state index in [9.17, 15) is 4.79 Å². The first-order valence-electron chi connectivity index (χ1n) is 6.43. The van der Waals surface area contributed by atoms with Crippen LogP contribution in [0.5, 0.6) is 0 Å². The Morgan fingerprint density at radius 3 is 2.55 bits per heavy atom. The number of methoxy groups -OCH3 is 2. The lowest BCUT2D eigenvalue weighted by atomic mass is 10.1. The van der Waals surface area contributed by atoms with Crippen LogP contribution in [0.15, 0.2) is 18.2 Å². The van der Waals surface area contributed by atoms with Gasteiger partial charge in [-0.1, -0.05) is 17.7 Å². The molecule has 0 spiro atoms. The van der Waals surface area contributed by atoms with Gasteiger partial charge in [0, 0.05) is 39.6 Å². The van der Waals surface area contributed by atoms with Crippen LogP contribution in [0, 0.1) is 0 Å². The SMILES string of the molecule is COCCCN(CCOC)C(=O)c1c(N)cccc1Cl. The minimum absolute atomic E-state index is 0.179. The molecule has 0 saturated carbocycles. The molecular weight excluding hydrogens is 280 g/mol. The maximum absolute atomic E-state index is 12.6. The summed E-state index contributed by atoms with van der Waals surface area (Å²) >= 11 is 6.08. The third-order valence-corrected chi connectivity index (χ3v) is 3.20. The van der Waals surface area contributed by atoms with E-state index in [2.05, 4.69) is 0 Å². The number of carbonyl (C=O) groups is 1. The number of amides is 1. The highest BCUT2D eigenvalue weighted by Crippen LogP contribution is 2.23. The summed E-state index contributed by atoms with van der Waals surface area (Å²) in [7, 11) is 3.23. The van der Waals surface area contributed by atoms with Crippen LogP contribution in [0.3, 0.4) is 0 Å². The molecule has 0 saturated heterocycles. The van der Waals surface area contributed by atoms with Gasteiger partial charge in [0.15, 0.2) is 0 Å². The van der Waals surface area contributed by atoms with E-state index in [0.717, 1.165) is 6.42 Å². The largest absolute Gasteiger partial charge is 0.398 e. The molecule has 0 aliphatic rings. The average molecular weight is 301 g/mol. The second kappa shape index (κ2) is 8.79. The van der Waals surface area contributed by atoms with Crippen LogP contribution in [0.4, 0.5) is 5.69 Å². The summed E-state index contributed by atoms with van der Waals surface area (Å²) in [5.74, 6) is -0.179. The Morgan fingerprint density at radius 1 is 1.25 bits per heavy atom. The zero-order chi connectivity index (χ0) is 15.0. The van der Waals surface area contributed by atoms with Crippen LogP contribution >= 0.6 is 11.6 Å². The van der Waals surface area contributed by atoms with Gasteiger partial charge in [-0.15, -0.1) is 0 Å². The second-order valence-electron chi connectivity index (χ2n) is 4.34. The molecule has 0 unspecified atom stereocenters. The average Bonchev–Trinajstić information content (AvgIpc) is 2.42. The Hall–Kier alpha value is -1.30. The van der Waals surface area contributed by atoms with Crippen molar-refractivity contribution in [1.29, 1.82) is 0 Å². The van der Waals surface area contributed by atoms with Gasteiger partial charge in [0.05, 0.1) is 17.2 Å². The molecule has 0 heterocycles. The number of nitrogens with zero attached hydrogens (tertiary/aromatic N) is 1. The van der Waals surface area contributed by atoms with E-state index < -0.39 is 0 Å². The van der Waals surface area contributed by atoms with Crippen molar-refractivity contribution < 1.29 is 14.3 Å². The second-order valence-corrected chi connectivity index (χ2v) is 4.74. The highest BCUT2D eigenvalue weighted by atomic mass is 35.5. The van der Waals surface area contributed by atoms with Crippen LogP contribution in [-0.4, -0.2) is 51.3 Å². The molecule has 1 aromatic carbocycles. The number of hydrogen-bond donors (Lipinski definition) is 1. The highest BCUT2D eigenvalue weighted by Gasteiger charge is 2.20. The zero-order valence-electron chi connectivity index (χ0n) is 11.9. The summed E-state index contributed by atoms with van der Waals surface area (Å²) < 4.78 is 10.0. The molecule has 1 amide bonds. The fourth-order valence-corrected chi connectivity index (χ4v) is 2.10. The molecule has 0 fully saturated rings. The Bertz CT molecular complexity index is 420. The van der Waals surface area contributed by atoms with E-state index in [1.165, 1.54) is 0 Å². The molecule has 0 aliphatic carbocycles. The van der Waals surface area contributed by atoms with Gasteiger partial charge in [-0.25, -0.2) is 0 Å². The normalized spacial score (nSPS) is 10.6. The van der Waals surface area contributed by atoms with Gasteiger partial charge in [0.2, 0.25) is 0 Å². The number of carbonyl (C=O) groups excluding carboxylic acids is 1. The molecule has 0 aromatic heterocycles. The van der Waals surface area contributed by atoms with Crippen LogP contribution in [0.25, 0.3) is 0 Å². The van der Waals surface area contributed by atoms with Gasteiger partial charge in [-0.2, -0.15) is 0 Å². The number of anilines is 1. The van der Waals surface area contributed by atoms with Crippen molar-refractivity contribution in [3.8, 4) is 0 Å². The fraction of sp³-hybridized carbons (Fsp3) is 0.500. The number of rotatable bonds is 8. The van der Waals surface area contributed by atoms with E-state index in [0.29, 0.717) is 42.6 Å². The van der Waals surface area contributed by atoms with E-state index in [-0.39, 0.29) is 5.91 Å². The maximum Gasteiger partial charge on any atom is 0.257 e. The minimum Gasteiger partial charge on any atom is -0.398 e. The molecule has 0 radical (unpaired) electrons. The lowest BCUT2D eigenvalue weighted by Gasteiger charge is -2.23. The lowest BCUT2D eigenvalue weighted by molar-refractivity contribution is 0.0675. The predicted octanol–water partition coefficient (Wildman–Crippen LogP) is 2.05. The van der Waals surface area contributed by atoms with Gasteiger partial charge >= 0.3 is 0 Å². The molecule has 6 heteroatoms. The summed E-state index contributed by atoms with van der Waals surface area (Å²) in [6.07, 6.45) is 0.746. The summed E-state index contributed by atoms with van der Waals surface area (Å²) in [5.41, 5.74) is 6.59. The zero-order valence-corrected chi connectivity index (χ0v) is 12.7. The van der Waals surface area contributed by atoms with Gasteiger partial charge in [0.25, 0.3) is 5.91 Å². The van der Waals surface area contributed by atoms with Crippen LogP contribution < -0.4 is 5.73 Å². The van der Waals surface area contributed by atoms with Crippen molar-refractivity contribution in [2.45, 2.75) is 6.42 Å². The first-order valence-corrected chi connectivity index (χ1v) is 6.80. The number of nitrogens with two attached hydrogens (primary N) is 1. The van der Waals surface area contributed by atoms with Crippen molar-refractivity contribution >= 4 is 23.2 Å². The molecule has 0 aliphatic heterocycles. The number of ether oxygens (including phenoxy) is 2. The molecule has 2 N–H and O–H groups in total. The smallest absolute Gasteiger partial charge is 0.257 e. The number of nitrogen functional groups attached to an aromatic ring is 1. The molecular formula is C14H21ClN2O3. The summed E-state index contributed by atoms with van der Waals surface area (Å²) in [4.78, 5) is 14.2. The van der Waals surface area contributed by atoms with E-state index >= 15 is 0 Å². The lowest BCUT2D eigenvalue weighted by Crippen LogP contribution is -2.35. The molecule has 0 atom stereocenters. The van der Waals surface area contributed by atoms with Crippen molar-refractivity contribution in [3.05, 3.63) is 28.8 Å². The van der Waals surface area contributed by atoms with Gasteiger partial charge in [-0.05, 0) is 18.6 Å². The van der Waals surface area contributed by atoms with Crippen molar-refractivity contribution in [1.82, 2.24) is 4.90 Å². The quantitative estimate of drug-likeness (QED) is 0.589. The van der Waals surface area contributed by atoms with E-state index in [1.807, 2.05) is 0 Å². The van der Waals surface area contributed by atoms with Crippen LogP contribution in [0.2, 0.25) is 5.02 Å². The number of halogens is 1. The molecule has 20 heavy (non-hydrogen) atoms. The Labute approximate surface area is 124 Å².